The minimum atomic E-state index is -0.390. The second-order valence-electron chi connectivity index (χ2n) is 5.77. The van der Waals surface area contributed by atoms with Gasteiger partial charge in [-0.15, -0.1) is 10.2 Å². The minimum absolute atomic E-state index is 0.390. The predicted octanol–water partition coefficient (Wildman–Crippen LogP) is 4.48. The van der Waals surface area contributed by atoms with E-state index in [-0.39, 0.29) is 0 Å². The van der Waals surface area contributed by atoms with Crippen LogP contribution in [0.25, 0.3) is 17.3 Å². The molecular formula is C19H18N4O2S. The van der Waals surface area contributed by atoms with Crippen LogP contribution in [-0.2, 0) is 0 Å². The molecule has 0 amide bonds. The average molecular weight is 366 g/mol. The molecule has 0 fully saturated rings. The maximum Gasteiger partial charge on any atom is 0.247 e. The van der Waals surface area contributed by atoms with Crippen LogP contribution in [0.1, 0.15) is 19.6 Å². The topological polar surface area (TPSA) is 73.1 Å². The van der Waals surface area contributed by atoms with E-state index in [1.54, 1.807) is 6.26 Å². The largest absolute Gasteiger partial charge is 0.465 e. The molecular weight excluding hydrogens is 348 g/mol. The zero-order chi connectivity index (χ0) is 17.9. The zero-order valence-corrected chi connectivity index (χ0v) is 15.3. The number of thioether (sulfide) groups is 1. The van der Waals surface area contributed by atoms with Gasteiger partial charge in [0.15, 0.2) is 11.9 Å². The first-order chi connectivity index (χ1) is 12.7. The van der Waals surface area contributed by atoms with Crippen molar-refractivity contribution in [3.8, 4) is 17.1 Å². The van der Waals surface area contributed by atoms with Gasteiger partial charge in [0.2, 0.25) is 11.0 Å². The summed E-state index contributed by atoms with van der Waals surface area (Å²) in [5.74, 6) is 2.12. The molecule has 26 heavy (non-hydrogen) atoms. The van der Waals surface area contributed by atoms with Gasteiger partial charge in [-0.1, -0.05) is 36.9 Å². The number of benzene rings is 1. The van der Waals surface area contributed by atoms with Crippen LogP contribution in [0.4, 0.5) is 5.69 Å². The van der Waals surface area contributed by atoms with E-state index in [2.05, 4.69) is 27.4 Å². The molecule has 1 aromatic carbocycles. The van der Waals surface area contributed by atoms with E-state index in [0.29, 0.717) is 16.7 Å². The van der Waals surface area contributed by atoms with Crippen molar-refractivity contribution in [3.05, 3.63) is 54.0 Å². The second kappa shape index (κ2) is 7.21. The Kier molecular flexibility index (Phi) is 4.62. The fourth-order valence-corrected chi connectivity index (χ4v) is 3.22. The van der Waals surface area contributed by atoms with Crippen molar-refractivity contribution in [2.45, 2.75) is 25.2 Å². The molecule has 1 atom stereocenters. The molecule has 6 nitrogen and oxygen atoms in total. The summed E-state index contributed by atoms with van der Waals surface area (Å²) >= 11 is 1.53. The molecule has 0 bridgehead atoms. The van der Waals surface area contributed by atoms with Crippen molar-refractivity contribution in [2.75, 3.05) is 11.1 Å². The molecule has 0 saturated carbocycles. The van der Waals surface area contributed by atoms with Gasteiger partial charge >= 0.3 is 0 Å². The molecule has 1 N–H and O–H groups in total. The SMILES string of the molecule is CCSc1nnc2c(n1)O[C@@H](/C(C)=C\c1ccco1)Nc1ccccc1-2. The van der Waals surface area contributed by atoms with Gasteiger partial charge in [0.05, 0.1) is 6.26 Å². The second-order valence-corrected chi connectivity index (χ2v) is 7.00. The third kappa shape index (κ3) is 3.30. The number of rotatable bonds is 4. The smallest absolute Gasteiger partial charge is 0.247 e. The van der Waals surface area contributed by atoms with Crippen molar-refractivity contribution in [1.82, 2.24) is 15.2 Å². The molecule has 132 valence electrons. The van der Waals surface area contributed by atoms with E-state index >= 15 is 0 Å². The van der Waals surface area contributed by atoms with E-state index in [1.807, 2.05) is 49.4 Å². The standard InChI is InChI=1S/C19H18N4O2S/c1-3-26-19-21-18-16(22-23-19)14-8-4-5-9-15(14)20-17(25-18)12(2)11-13-7-6-10-24-13/h4-11,17,20H,3H2,1-2H3/b12-11-/t17-/m0/s1. The summed E-state index contributed by atoms with van der Waals surface area (Å²) in [5.41, 5.74) is 3.45. The number of anilines is 1. The number of nitrogens with one attached hydrogen (secondary N) is 1. The molecule has 0 saturated heterocycles. The number of hydrogen-bond donors (Lipinski definition) is 1. The molecule has 3 aromatic rings. The fraction of sp³-hybridized carbons (Fsp3) is 0.211. The zero-order valence-electron chi connectivity index (χ0n) is 14.5. The molecule has 3 heterocycles. The molecule has 4 rings (SSSR count). The van der Waals surface area contributed by atoms with Crippen molar-refractivity contribution in [2.24, 2.45) is 0 Å². The quantitative estimate of drug-likeness (QED) is 0.683. The highest BCUT2D eigenvalue weighted by Gasteiger charge is 2.25. The Bertz CT molecular complexity index is 940. The number of fused-ring (bicyclic) bond motifs is 3. The van der Waals surface area contributed by atoms with Crippen molar-refractivity contribution < 1.29 is 9.15 Å². The van der Waals surface area contributed by atoms with E-state index in [1.165, 1.54) is 11.8 Å². The summed E-state index contributed by atoms with van der Waals surface area (Å²) in [4.78, 5) is 4.57. The van der Waals surface area contributed by atoms with Crippen LogP contribution < -0.4 is 10.1 Å². The summed E-state index contributed by atoms with van der Waals surface area (Å²) < 4.78 is 11.6. The van der Waals surface area contributed by atoms with Crippen molar-refractivity contribution >= 4 is 23.5 Å². The van der Waals surface area contributed by atoms with Crippen LogP contribution in [0.15, 0.2) is 57.8 Å². The number of nitrogens with zero attached hydrogens (tertiary/aromatic N) is 3. The molecule has 0 unspecified atom stereocenters. The number of hydrogen-bond acceptors (Lipinski definition) is 7. The number of ether oxygens (including phenoxy) is 1. The van der Waals surface area contributed by atoms with E-state index in [4.69, 9.17) is 9.15 Å². The lowest BCUT2D eigenvalue weighted by molar-refractivity contribution is 0.255. The normalized spacial score (nSPS) is 16.1. The van der Waals surface area contributed by atoms with Gasteiger partial charge in [0, 0.05) is 11.3 Å². The number of furan rings is 1. The third-order valence-corrected chi connectivity index (χ3v) is 4.65. The lowest BCUT2D eigenvalue weighted by Crippen LogP contribution is -2.27. The highest BCUT2D eigenvalue weighted by molar-refractivity contribution is 7.99. The molecule has 7 heteroatoms. The summed E-state index contributed by atoms with van der Waals surface area (Å²) in [7, 11) is 0. The van der Waals surface area contributed by atoms with Crippen LogP contribution in [-0.4, -0.2) is 27.2 Å². The molecule has 0 spiro atoms. The van der Waals surface area contributed by atoms with Crippen molar-refractivity contribution in [3.63, 3.8) is 0 Å². The van der Waals surface area contributed by atoms with Gasteiger partial charge < -0.3 is 14.5 Å². The van der Waals surface area contributed by atoms with Crippen molar-refractivity contribution in [1.29, 1.82) is 0 Å². The lowest BCUT2D eigenvalue weighted by atomic mass is 10.1. The highest BCUT2D eigenvalue weighted by Crippen LogP contribution is 2.37. The average Bonchev–Trinajstić information content (AvgIpc) is 3.09. The first-order valence-corrected chi connectivity index (χ1v) is 9.35. The molecule has 2 aromatic heterocycles. The van der Waals surface area contributed by atoms with Crippen LogP contribution in [0.5, 0.6) is 5.88 Å². The number of aromatic nitrogens is 3. The van der Waals surface area contributed by atoms with Gasteiger partial charge in [0.1, 0.15) is 5.76 Å². The first-order valence-electron chi connectivity index (χ1n) is 8.36. The minimum Gasteiger partial charge on any atom is -0.465 e. The first kappa shape index (κ1) is 16.7. The predicted molar refractivity (Wildman–Crippen MR) is 102 cm³/mol. The Morgan fingerprint density at radius 3 is 2.92 bits per heavy atom. The summed E-state index contributed by atoms with van der Waals surface area (Å²) in [6.45, 7) is 4.04. The monoisotopic (exact) mass is 366 g/mol. The maximum absolute atomic E-state index is 6.19. The Morgan fingerprint density at radius 2 is 2.12 bits per heavy atom. The van der Waals surface area contributed by atoms with Crippen LogP contribution in [0.2, 0.25) is 0 Å². The van der Waals surface area contributed by atoms with Gasteiger partial charge in [-0.05, 0) is 42.5 Å². The van der Waals surface area contributed by atoms with E-state index in [0.717, 1.165) is 28.3 Å². The Labute approximate surface area is 155 Å². The van der Waals surface area contributed by atoms with E-state index < -0.39 is 6.23 Å². The molecule has 1 aliphatic heterocycles. The Morgan fingerprint density at radius 1 is 1.23 bits per heavy atom. The lowest BCUT2D eigenvalue weighted by Gasteiger charge is -2.19. The Balaban J connectivity index is 1.77. The molecule has 0 radical (unpaired) electrons. The van der Waals surface area contributed by atoms with Gasteiger partial charge in [-0.25, -0.2) is 0 Å². The Hall–Kier alpha value is -2.80. The molecule has 1 aliphatic rings. The van der Waals surface area contributed by atoms with Gasteiger partial charge in [0.25, 0.3) is 0 Å². The number of para-hydroxylation sites is 1. The highest BCUT2D eigenvalue weighted by atomic mass is 32.2. The summed E-state index contributed by atoms with van der Waals surface area (Å²) in [5, 5.41) is 12.6. The third-order valence-electron chi connectivity index (χ3n) is 3.93. The van der Waals surface area contributed by atoms with Gasteiger partial charge in [-0.3, -0.25) is 0 Å². The summed E-state index contributed by atoms with van der Waals surface area (Å²) in [6, 6.07) is 11.7. The maximum atomic E-state index is 6.19. The molecule has 0 aliphatic carbocycles. The fourth-order valence-electron chi connectivity index (χ4n) is 2.72. The van der Waals surface area contributed by atoms with Crippen LogP contribution >= 0.6 is 11.8 Å². The van der Waals surface area contributed by atoms with E-state index in [9.17, 15) is 0 Å². The van der Waals surface area contributed by atoms with Gasteiger partial charge in [-0.2, -0.15) is 4.98 Å². The van der Waals surface area contributed by atoms with Crippen LogP contribution in [0, 0.1) is 0 Å². The van der Waals surface area contributed by atoms with Crippen LogP contribution in [0.3, 0.4) is 0 Å². The summed E-state index contributed by atoms with van der Waals surface area (Å²) in [6.07, 6.45) is 3.21.